The van der Waals surface area contributed by atoms with Gasteiger partial charge in [-0.1, -0.05) is 29.5 Å². The highest BCUT2D eigenvalue weighted by molar-refractivity contribution is 7.99. The monoisotopic (exact) mass is 482 g/mol. The van der Waals surface area contributed by atoms with E-state index in [9.17, 15) is 25.0 Å². The average molecular weight is 482 g/mol. The summed E-state index contributed by atoms with van der Waals surface area (Å²) in [7, 11) is 0. The fraction of sp³-hybridized carbons (Fsp3) is 0.174. The minimum atomic E-state index is -0.803. The molecule has 3 aromatic rings. The van der Waals surface area contributed by atoms with E-state index < -0.39 is 15.8 Å². The Morgan fingerprint density at radius 2 is 1.82 bits per heavy atom. The third-order valence-corrected chi connectivity index (χ3v) is 6.05. The molecule has 1 heterocycles. The molecule has 174 valence electrons. The predicted molar refractivity (Wildman–Crippen MR) is 121 cm³/mol. The van der Waals surface area contributed by atoms with Crippen molar-refractivity contribution in [3.05, 3.63) is 97.1 Å². The van der Waals surface area contributed by atoms with Gasteiger partial charge in [-0.15, -0.1) is 0 Å². The van der Waals surface area contributed by atoms with E-state index in [2.05, 4.69) is 0 Å². The quantitative estimate of drug-likeness (QED) is 0.254. The number of hydrogen-bond acceptors (Lipinski definition) is 9. The number of benzene rings is 3. The molecular weight excluding hydrogens is 464 g/mol. The molecule has 11 heteroatoms. The van der Waals surface area contributed by atoms with E-state index in [1.807, 2.05) is 31.2 Å². The van der Waals surface area contributed by atoms with Crippen LogP contribution in [0.1, 0.15) is 27.0 Å². The van der Waals surface area contributed by atoms with Crippen molar-refractivity contribution in [1.29, 1.82) is 0 Å². The van der Waals surface area contributed by atoms with Crippen LogP contribution < -0.4 is 4.74 Å². The Labute approximate surface area is 197 Å². The molecule has 0 aromatic heterocycles. The summed E-state index contributed by atoms with van der Waals surface area (Å²) in [6.45, 7) is 1.74. The first-order valence-electron chi connectivity index (χ1n) is 10.0. The van der Waals surface area contributed by atoms with Crippen molar-refractivity contribution in [2.45, 2.75) is 29.9 Å². The van der Waals surface area contributed by atoms with Gasteiger partial charge in [-0.2, -0.15) is 0 Å². The van der Waals surface area contributed by atoms with Gasteiger partial charge < -0.3 is 14.2 Å². The smallest absolute Gasteiger partial charge is 0.338 e. The fourth-order valence-electron chi connectivity index (χ4n) is 3.33. The molecule has 0 amide bonds. The number of rotatable bonds is 7. The number of fused-ring (bicyclic) bond motifs is 1. The maximum atomic E-state index is 12.6. The van der Waals surface area contributed by atoms with Crippen LogP contribution in [-0.2, 0) is 22.7 Å². The molecular formula is C23H18N2O8S. The molecule has 4 rings (SSSR count). The van der Waals surface area contributed by atoms with Crippen LogP contribution in [0.2, 0.25) is 0 Å². The number of nitrogens with zero attached hydrogens (tertiary/aromatic N) is 2. The van der Waals surface area contributed by atoms with Crippen molar-refractivity contribution in [2.24, 2.45) is 0 Å². The number of non-ortho nitro benzene ring substituents is 1. The SMILES string of the molecule is Cc1ccc(Sc2ccc(C(=O)OCc3cc([N+](=O)[O-])cc4c3OCOC4)cc2[N+](=O)[O-])cc1. The second-order valence-corrected chi connectivity index (χ2v) is 8.51. The van der Waals surface area contributed by atoms with E-state index in [4.69, 9.17) is 14.2 Å². The van der Waals surface area contributed by atoms with Crippen LogP contribution in [0.15, 0.2) is 64.4 Å². The zero-order valence-corrected chi connectivity index (χ0v) is 18.7. The molecule has 0 unspecified atom stereocenters. The molecule has 0 saturated carbocycles. The van der Waals surface area contributed by atoms with Crippen molar-refractivity contribution in [3.63, 3.8) is 0 Å². The molecule has 1 aliphatic heterocycles. The number of nitro benzene ring substituents is 2. The lowest BCUT2D eigenvalue weighted by atomic mass is 10.1. The lowest BCUT2D eigenvalue weighted by Gasteiger charge is -2.20. The Bertz CT molecular complexity index is 1280. The Kier molecular flexibility index (Phi) is 6.75. The molecule has 0 atom stereocenters. The maximum Gasteiger partial charge on any atom is 0.338 e. The van der Waals surface area contributed by atoms with E-state index in [0.717, 1.165) is 16.5 Å². The number of ether oxygens (including phenoxy) is 3. The number of carbonyl (C=O) groups excluding carboxylic acids is 1. The topological polar surface area (TPSA) is 131 Å². The van der Waals surface area contributed by atoms with Gasteiger partial charge in [0.25, 0.3) is 11.4 Å². The van der Waals surface area contributed by atoms with E-state index in [-0.39, 0.29) is 36.9 Å². The normalized spacial score (nSPS) is 12.4. The van der Waals surface area contributed by atoms with Crippen LogP contribution in [-0.4, -0.2) is 22.6 Å². The van der Waals surface area contributed by atoms with Crippen molar-refractivity contribution in [2.75, 3.05) is 6.79 Å². The van der Waals surface area contributed by atoms with Crippen LogP contribution in [0.4, 0.5) is 11.4 Å². The first-order chi connectivity index (χ1) is 16.3. The molecule has 0 radical (unpaired) electrons. The summed E-state index contributed by atoms with van der Waals surface area (Å²) in [6.07, 6.45) is 0. The Hall–Kier alpha value is -3.96. The van der Waals surface area contributed by atoms with Gasteiger partial charge in [0, 0.05) is 34.2 Å². The molecule has 0 spiro atoms. The highest BCUT2D eigenvalue weighted by Crippen LogP contribution is 2.36. The van der Waals surface area contributed by atoms with Crippen molar-refractivity contribution in [1.82, 2.24) is 0 Å². The summed E-state index contributed by atoms with van der Waals surface area (Å²) in [5, 5.41) is 22.9. The number of carbonyl (C=O) groups is 1. The average Bonchev–Trinajstić information content (AvgIpc) is 2.83. The lowest BCUT2D eigenvalue weighted by molar-refractivity contribution is -0.387. The van der Waals surface area contributed by atoms with Crippen LogP contribution in [0.25, 0.3) is 0 Å². The predicted octanol–water partition coefficient (Wildman–Crippen LogP) is 5.19. The second kappa shape index (κ2) is 9.89. The van der Waals surface area contributed by atoms with Gasteiger partial charge in [-0.05, 0) is 31.2 Å². The third-order valence-electron chi connectivity index (χ3n) is 4.98. The van der Waals surface area contributed by atoms with Gasteiger partial charge >= 0.3 is 5.97 Å². The number of hydrogen-bond donors (Lipinski definition) is 0. The van der Waals surface area contributed by atoms with E-state index >= 15 is 0 Å². The molecule has 1 aliphatic rings. The maximum absolute atomic E-state index is 12.6. The fourth-order valence-corrected chi connectivity index (χ4v) is 4.23. The Balaban J connectivity index is 1.54. The van der Waals surface area contributed by atoms with Gasteiger partial charge in [0.15, 0.2) is 6.79 Å². The van der Waals surface area contributed by atoms with Crippen molar-refractivity contribution < 1.29 is 28.9 Å². The van der Waals surface area contributed by atoms with Crippen molar-refractivity contribution in [3.8, 4) is 5.75 Å². The zero-order valence-electron chi connectivity index (χ0n) is 17.9. The van der Waals surface area contributed by atoms with Gasteiger partial charge in [0.2, 0.25) is 0 Å². The van der Waals surface area contributed by atoms with Gasteiger partial charge in [0.05, 0.1) is 26.9 Å². The van der Waals surface area contributed by atoms with Gasteiger partial charge in [-0.3, -0.25) is 20.2 Å². The second-order valence-electron chi connectivity index (χ2n) is 7.39. The zero-order chi connectivity index (χ0) is 24.2. The summed E-state index contributed by atoms with van der Waals surface area (Å²) >= 11 is 1.22. The van der Waals surface area contributed by atoms with Crippen LogP contribution >= 0.6 is 11.8 Å². The van der Waals surface area contributed by atoms with E-state index in [0.29, 0.717) is 21.8 Å². The van der Waals surface area contributed by atoms with Crippen LogP contribution in [0.5, 0.6) is 5.75 Å². The number of esters is 1. The Morgan fingerprint density at radius 3 is 2.53 bits per heavy atom. The van der Waals surface area contributed by atoms with Gasteiger partial charge in [-0.25, -0.2) is 4.79 Å². The van der Waals surface area contributed by atoms with Gasteiger partial charge in [0.1, 0.15) is 12.4 Å². The molecule has 10 nitrogen and oxygen atoms in total. The molecule has 0 saturated heterocycles. The minimum absolute atomic E-state index is 0.0106. The standard InChI is InChI=1S/C23H18N2O8S/c1-14-2-5-19(6-3-14)34-21-7-4-15(10-20(21)25(29)30)23(26)32-12-17-9-18(24(27)28)8-16-11-31-13-33-22(16)17/h2-10H,11-13H2,1H3. The van der Waals surface area contributed by atoms with Crippen molar-refractivity contribution >= 4 is 29.1 Å². The summed E-state index contributed by atoms with van der Waals surface area (Å²) in [5.74, 6) is -0.442. The molecule has 34 heavy (non-hydrogen) atoms. The summed E-state index contributed by atoms with van der Waals surface area (Å²) in [5.41, 5.74) is 1.42. The highest BCUT2D eigenvalue weighted by atomic mass is 32.2. The first kappa shape index (κ1) is 23.2. The molecule has 0 fully saturated rings. The first-order valence-corrected chi connectivity index (χ1v) is 10.8. The number of nitro groups is 2. The van der Waals surface area contributed by atoms with E-state index in [1.165, 1.54) is 36.0 Å². The Morgan fingerprint density at radius 1 is 1.06 bits per heavy atom. The third kappa shape index (κ3) is 5.16. The molecule has 0 bridgehead atoms. The highest BCUT2D eigenvalue weighted by Gasteiger charge is 2.23. The van der Waals surface area contributed by atoms with Crippen LogP contribution in [0.3, 0.4) is 0 Å². The lowest BCUT2D eigenvalue weighted by Crippen LogP contribution is -2.15. The molecule has 0 aliphatic carbocycles. The molecule has 3 aromatic carbocycles. The summed E-state index contributed by atoms with van der Waals surface area (Å²) < 4.78 is 15.9. The van der Waals surface area contributed by atoms with E-state index in [1.54, 1.807) is 0 Å². The van der Waals surface area contributed by atoms with Crippen LogP contribution in [0, 0.1) is 27.2 Å². The molecule has 0 N–H and O–H groups in total. The largest absolute Gasteiger partial charge is 0.467 e. The summed E-state index contributed by atoms with van der Waals surface area (Å²) in [4.78, 5) is 35.6. The minimum Gasteiger partial charge on any atom is -0.467 e. The summed E-state index contributed by atoms with van der Waals surface area (Å²) in [6, 6.07) is 14.2. The number of aryl methyl sites for hydroxylation is 1.